The zero-order chi connectivity index (χ0) is 20.5. The van der Waals surface area contributed by atoms with E-state index in [1.807, 2.05) is 12.1 Å². The zero-order valence-corrected chi connectivity index (χ0v) is 18.6. The molecule has 1 aliphatic rings. The Kier molecular flexibility index (Phi) is 5.90. The van der Waals surface area contributed by atoms with Crippen LogP contribution in [0.15, 0.2) is 35.4 Å². The molecule has 6 nitrogen and oxygen atoms in total. The molecule has 9 heteroatoms. The number of benzene rings is 1. The molecule has 0 aliphatic heterocycles. The third-order valence-corrected chi connectivity index (χ3v) is 6.24. The van der Waals surface area contributed by atoms with Crippen LogP contribution < -0.4 is 20.3 Å². The number of rotatable bonds is 5. The van der Waals surface area contributed by atoms with Gasteiger partial charge in [-0.1, -0.05) is 23.2 Å². The smallest absolute Gasteiger partial charge is 0.263 e. The van der Waals surface area contributed by atoms with Gasteiger partial charge >= 0.3 is 0 Å². The van der Waals surface area contributed by atoms with Crippen LogP contribution in [0.1, 0.15) is 25.7 Å². The van der Waals surface area contributed by atoms with Gasteiger partial charge in [0.1, 0.15) is 5.52 Å². The number of hydrogen-bond donors (Lipinski definition) is 1. The van der Waals surface area contributed by atoms with E-state index in [1.165, 1.54) is 22.1 Å². The minimum atomic E-state index is -0.272. The van der Waals surface area contributed by atoms with Gasteiger partial charge in [0.15, 0.2) is 11.5 Å². The van der Waals surface area contributed by atoms with Crippen molar-refractivity contribution in [3.05, 3.63) is 51.0 Å². The van der Waals surface area contributed by atoms with Gasteiger partial charge in [-0.25, -0.2) is 3.59 Å². The van der Waals surface area contributed by atoms with Crippen molar-refractivity contribution in [2.24, 2.45) is 0 Å². The molecule has 29 heavy (non-hydrogen) atoms. The summed E-state index contributed by atoms with van der Waals surface area (Å²) in [5, 5.41) is 4.63. The van der Waals surface area contributed by atoms with Crippen molar-refractivity contribution < 1.29 is 9.47 Å². The van der Waals surface area contributed by atoms with E-state index in [9.17, 15) is 4.79 Å². The molecule has 152 valence electrons. The summed E-state index contributed by atoms with van der Waals surface area (Å²) >= 11 is 15.9. The SMILES string of the molecule is COc1ccc2c(Nc3c(Cl)cncc3Cl)cc(=O)n(Br)c2c1OC1CCCC1. The Morgan fingerprint density at radius 1 is 1.21 bits per heavy atom. The minimum absolute atomic E-state index is 0.0952. The van der Waals surface area contributed by atoms with Crippen molar-refractivity contribution in [1.82, 2.24) is 8.58 Å². The topological polar surface area (TPSA) is 65.4 Å². The van der Waals surface area contributed by atoms with Gasteiger partial charge in [0, 0.05) is 23.8 Å². The van der Waals surface area contributed by atoms with Crippen molar-refractivity contribution in [2.45, 2.75) is 31.8 Å². The van der Waals surface area contributed by atoms with E-state index in [0.29, 0.717) is 38.4 Å². The molecule has 4 rings (SSSR count). The molecule has 1 aromatic carbocycles. The van der Waals surface area contributed by atoms with E-state index in [-0.39, 0.29) is 11.7 Å². The third kappa shape index (κ3) is 3.91. The fourth-order valence-corrected chi connectivity index (χ4v) is 4.46. The number of hydrogen-bond acceptors (Lipinski definition) is 5. The van der Waals surface area contributed by atoms with Crippen molar-refractivity contribution in [3.63, 3.8) is 0 Å². The first kappa shape index (κ1) is 20.3. The second-order valence-corrected chi connectivity index (χ2v) is 8.32. The maximum atomic E-state index is 12.7. The lowest BCUT2D eigenvalue weighted by molar-refractivity contribution is 0.203. The Hall–Kier alpha value is -1.96. The van der Waals surface area contributed by atoms with Crippen LogP contribution in [0.25, 0.3) is 10.9 Å². The molecule has 2 heterocycles. The summed E-state index contributed by atoms with van der Waals surface area (Å²) in [4.78, 5) is 16.7. The normalized spacial score (nSPS) is 14.3. The maximum Gasteiger partial charge on any atom is 0.263 e. The average Bonchev–Trinajstić information content (AvgIpc) is 3.21. The first-order valence-electron chi connectivity index (χ1n) is 9.15. The van der Waals surface area contributed by atoms with Gasteiger partial charge in [0.05, 0.1) is 50.8 Å². The highest BCUT2D eigenvalue weighted by Crippen LogP contribution is 2.42. The van der Waals surface area contributed by atoms with Crippen LogP contribution in [0.5, 0.6) is 11.5 Å². The van der Waals surface area contributed by atoms with Crippen LogP contribution in [0.4, 0.5) is 11.4 Å². The molecule has 0 bridgehead atoms. The predicted octanol–water partition coefficient (Wildman–Crippen LogP) is 5.93. The first-order valence-corrected chi connectivity index (χ1v) is 10.6. The van der Waals surface area contributed by atoms with E-state index in [4.69, 9.17) is 32.7 Å². The molecule has 0 unspecified atom stereocenters. The number of nitrogens with one attached hydrogen (secondary N) is 1. The molecule has 3 aromatic rings. The van der Waals surface area contributed by atoms with Crippen molar-refractivity contribution in [1.29, 1.82) is 0 Å². The van der Waals surface area contributed by atoms with E-state index in [0.717, 1.165) is 31.1 Å². The Morgan fingerprint density at radius 2 is 1.90 bits per heavy atom. The summed E-state index contributed by atoms with van der Waals surface area (Å²) in [5.41, 5.74) is 1.33. The van der Waals surface area contributed by atoms with E-state index in [2.05, 4.69) is 26.4 Å². The molecule has 1 saturated carbocycles. The van der Waals surface area contributed by atoms with Gasteiger partial charge in [-0.15, -0.1) is 0 Å². The largest absolute Gasteiger partial charge is 0.493 e. The van der Waals surface area contributed by atoms with Crippen LogP contribution in [0, 0.1) is 0 Å². The van der Waals surface area contributed by atoms with E-state index >= 15 is 0 Å². The molecular formula is C20H18BrCl2N3O3. The predicted molar refractivity (Wildman–Crippen MR) is 120 cm³/mol. The number of pyridine rings is 2. The molecule has 0 atom stereocenters. The quantitative estimate of drug-likeness (QED) is 0.471. The lowest BCUT2D eigenvalue weighted by Gasteiger charge is -2.20. The molecular weight excluding hydrogens is 481 g/mol. The highest BCUT2D eigenvalue weighted by molar-refractivity contribution is 9.08. The number of nitrogens with zero attached hydrogens (tertiary/aromatic N) is 2. The van der Waals surface area contributed by atoms with Gasteiger partial charge in [0.25, 0.3) is 5.56 Å². The number of anilines is 2. The molecule has 2 aromatic heterocycles. The van der Waals surface area contributed by atoms with Crippen molar-refractivity contribution >= 4 is 61.6 Å². The average molecular weight is 499 g/mol. The third-order valence-electron chi connectivity index (χ3n) is 4.96. The van der Waals surface area contributed by atoms with Crippen LogP contribution in [-0.2, 0) is 0 Å². The van der Waals surface area contributed by atoms with Crippen molar-refractivity contribution in [2.75, 3.05) is 12.4 Å². The number of halogens is 3. The second kappa shape index (κ2) is 8.42. The summed E-state index contributed by atoms with van der Waals surface area (Å²) in [6.07, 6.45) is 7.29. The summed E-state index contributed by atoms with van der Waals surface area (Å²) in [7, 11) is 1.58. The maximum absolute atomic E-state index is 12.7. The summed E-state index contributed by atoms with van der Waals surface area (Å²) in [5.74, 6) is 1.09. The molecule has 1 N–H and O–H groups in total. The zero-order valence-electron chi connectivity index (χ0n) is 15.5. The van der Waals surface area contributed by atoms with E-state index < -0.39 is 0 Å². The summed E-state index contributed by atoms with van der Waals surface area (Å²) in [6, 6.07) is 5.15. The van der Waals surface area contributed by atoms with Crippen molar-refractivity contribution in [3.8, 4) is 11.5 Å². The number of ether oxygens (including phenoxy) is 2. The minimum Gasteiger partial charge on any atom is -0.493 e. The number of aromatic nitrogens is 2. The molecule has 0 saturated heterocycles. The van der Waals surface area contributed by atoms with Gasteiger partial charge in [-0.05, 0) is 37.8 Å². The highest BCUT2D eigenvalue weighted by atomic mass is 79.9. The molecule has 0 radical (unpaired) electrons. The Morgan fingerprint density at radius 3 is 2.55 bits per heavy atom. The monoisotopic (exact) mass is 497 g/mol. The molecule has 0 spiro atoms. The van der Waals surface area contributed by atoms with Gasteiger partial charge in [0.2, 0.25) is 0 Å². The van der Waals surface area contributed by atoms with Crippen LogP contribution in [0.3, 0.4) is 0 Å². The number of methoxy groups -OCH3 is 1. The fourth-order valence-electron chi connectivity index (χ4n) is 3.55. The molecule has 1 fully saturated rings. The summed E-state index contributed by atoms with van der Waals surface area (Å²) < 4.78 is 13.2. The lowest BCUT2D eigenvalue weighted by Crippen LogP contribution is -2.17. The van der Waals surface area contributed by atoms with Gasteiger partial charge in [-0.2, -0.15) is 0 Å². The van der Waals surface area contributed by atoms with Crippen LogP contribution in [0.2, 0.25) is 10.0 Å². The molecule has 0 amide bonds. The Balaban J connectivity index is 1.91. The Labute approximate surface area is 186 Å². The first-order chi connectivity index (χ1) is 14.0. The number of fused-ring (bicyclic) bond motifs is 1. The summed E-state index contributed by atoms with van der Waals surface area (Å²) in [6.45, 7) is 0. The fraction of sp³-hybridized carbons (Fsp3) is 0.300. The van der Waals surface area contributed by atoms with Gasteiger partial charge in [-0.3, -0.25) is 9.78 Å². The second-order valence-electron chi connectivity index (χ2n) is 6.80. The van der Waals surface area contributed by atoms with Crippen LogP contribution >= 0.6 is 39.3 Å². The lowest BCUT2D eigenvalue weighted by atomic mass is 10.1. The Bertz CT molecular complexity index is 1110. The van der Waals surface area contributed by atoms with Crippen LogP contribution in [-0.4, -0.2) is 21.8 Å². The highest BCUT2D eigenvalue weighted by Gasteiger charge is 2.23. The standard InChI is InChI=1S/C20H18BrCl2N3O3/c1-28-16-7-6-12-15(25-18-13(22)9-24-10-14(18)23)8-17(27)26(21)19(12)20(16)29-11-4-2-3-5-11/h6-11H,2-5H2,1H3,(H,24,25). The van der Waals surface area contributed by atoms with Gasteiger partial charge < -0.3 is 14.8 Å². The van der Waals surface area contributed by atoms with E-state index in [1.54, 1.807) is 7.11 Å². The molecule has 1 aliphatic carbocycles.